The molecule has 0 aliphatic heterocycles. The lowest BCUT2D eigenvalue weighted by atomic mass is 10.2. The van der Waals surface area contributed by atoms with E-state index in [9.17, 15) is 0 Å². The van der Waals surface area contributed by atoms with Gasteiger partial charge in [-0.1, -0.05) is 36.5 Å². The van der Waals surface area contributed by atoms with Crippen molar-refractivity contribution in [3.05, 3.63) is 54.4 Å². The van der Waals surface area contributed by atoms with Crippen LogP contribution in [0.1, 0.15) is 5.69 Å². The zero-order valence-electron chi connectivity index (χ0n) is 10.7. The van der Waals surface area contributed by atoms with Gasteiger partial charge in [0.2, 0.25) is 0 Å². The molecule has 0 aliphatic rings. The van der Waals surface area contributed by atoms with E-state index in [2.05, 4.69) is 39.4 Å². The van der Waals surface area contributed by atoms with Gasteiger partial charge in [-0.15, -0.1) is 0 Å². The molecule has 0 aliphatic carbocycles. The summed E-state index contributed by atoms with van der Waals surface area (Å²) >= 11 is 4.69. The first-order valence-corrected chi connectivity index (χ1v) is 6.68. The predicted molar refractivity (Wildman–Crippen MR) is 84.9 cm³/mol. The van der Waals surface area contributed by atoms with Gasteiger partial charge in [0.05, 0.1) is 17.8 Å². The quantitative estimate of drug-likeness (QED) is 0.544. The topological polar surface area (TPSA) is 43.1 Å². The third kappa shape index (κ3) is 2.78. The number of pyridine rings is 1. The zero-order valence-corrected chi connectivity index (χ0v) is 11.5. The van der Waals surface area contributed by atoms with Crippen LogP contribution in [0.3, 0.4) is 0 Å². The van der Waals surface area contributed by atoms with Crippen molar-refractivity contribution in [1.82, 2.24) is 14.8 Å². The van der Waals surface area contributed by atoms with Gasteiger partial charge in [-0.2, -0.15) is 5.10 Å². The highest BCUT2D eigenvalue weighted by Crippen LogP contribution is 2.13. The summed E-state index contributed by atoms with van der Waals surface area (Å²) in [4.78, 5) is 8.72. The number of para-hydroxylation sites is 1. The number of rotatable bonds is 4. The summed E-state index contributed by atoms with van der Waals surface area (Å²) in [6.07, 6.45) is 3.43. The van der Waals surface area contributed by atoms with Gasteiger partial charge >= 0.3 is 0 Å². The van der Waals surface area contributed by atoms with E-state index in [1.54, 1.807) is 6.21 Å². The third-order valence-corrected chi connectivity index (χ3v) is 3.00. The Kier molecular flexibility index (Phi) is 3.60. The van der Waals surface area contributed by atoms with Crippen molar-refractivity contribution in [2.45, 2.75) is 6.54 Å². The van der Waals surface area contributed by atoms with Gasteiger partial charge in [0, 0.05) is 29.2 Å². The first kappa shape index (κ1) is 12.6. The summed E-state index contributed by atoms with van der Waals surface area (Å²) < 4.78 is 1.81. The lowest BCUT2D eigenvalue weighted by Gasteiger charge is -2.03. The first-order chi connectivity index (χ1) is 9.85. The van der Waals surface area contributed by atoms with E-state index in [1.165, 1.54) is 5.37 Å². The average molecular weight is 280 g/mol. The fraction of sp³-hybridized carbons (Fsp3) is 0.0667. The molecule has 0 N–H and O–H groups in total. The van der Waals surface area contributed by atoms with E-state index in [0.29, 0.717) is 12.4 Å². The smallest absolute Gasteiger partial charge is 0.173 e. The van der Waals surface area contributed by atoms with Crippen LogP contribution >= 0.6 is 12.2 Å². The monoisotopic (exact) mass is 280 g/mol. The summed E-state index contributed by atoms with van der Waals surface area (Å²) in [5.74, 6) is 0.645. The number of benzene rings is 1. The molecule has 4 nitrogen and oxygen atoms in total. The summed E-state index contributed by atoms with van der Waals surface area (Å²) in [5, 5.41) is 6.94. The maximum atomic E-state index is 4.69. The normalized spacial score (nSPS) is 11.2. The Morgan fingerprint density at radius 1 is 1.15 bits per heavy atom. The second-order valence-corrected chi connectivity index (χ2v) is 4.55. The van der Waals surface area contributed by atoms with Crippen LogP contribution in [0, 0.1) is 0 Å². The van der Waals surface area contributed by atoms with E-state index in [0.717, 1.165) is 16.6 Å². The highest BCUT2D eigenvalue weighted by atomic mass is 32.1. The van der Waals surface area contributed by atoms with Gasteiger partial charge < -0.3 is 0 Å². The van der Waals surface area contributed by atoms with Gasteiger partial charge in [0.25, 0.3) is 0 Å². The molecule has 0 atom stereocenters. The standard InChI is InChI=1S/C15H12N4S/c20-10-8-16-15-7-9-19(18-15)11-13-6-5-12-3-1-2-4-14(12)17-13/h1-10H,11H2. The molecule has 2 heterocycles. The van der Waals surface area contributed by atoms with Crippen LogP contribution < -0.4 is 0 Å². The molecule has 5 heteroatoms. The number of aliphatic imine (C=N–C) groups is 1. The second-order valence-electron chi connectivity index (χ2n) is 4.28. The largest absolute Gasteiger partial charge is 0.265 e. The summed E-state index contributed by atoms with van der Waals surface area (Å²) in [7, 11) is 0. The van der Waals surface area contributed by atoms with Gasteiger partial charge in [-0.05, 0) is 12.1 Å². The Balaban J connectivity index is 1.83. The van der Waals surface area contributed by atoms with Crippen molar-refractivity contribution < 1.29 is 0 Å². The summed E-state index contributed by atoms with van der Waals surface area (Å²) in [5.41, 5.74) is 1.97. The number of hydrogen-bond donors (Lipinski definition) is 0. The minimum atomic E-state index is 0.623. The SMILES string of the molecule is S=CC=Nc1ccn(Cc2ccc3ccccc3n2)n1. The Morgan fingerprint density at radius 3 is 2.95 bits per heavy atom. The zero-order chi connectivity index (χ0) is 13.8. The number of aromatic nitrogens is 3. The molecular weight excluding hydrogens is 268 g/mol. The molecule has 2 aromatic heterocycles. The Morgan fingerprint density at radius 2 is 2.05 bits per heavy atom. The van der Waals surface area contributed by atoms with E-state index >= 15 is 0 Å². The molecule has 0 saturated heterocycles. The molecule has 0 spiro atoms. The van der Waals surface area contributed by atoms with Crippen LogP contribution in [-0.4, -0.2) is 26.3 Å². The van der Waals surface area contributed by atoms with Crippen LogP contribution in [0.2, 0.25) is 0 Å². The van der Waals surface area contributed by atoms with Crippen LogP contribution in [0.4, 0.5) is 5.82 Å². The summed E-state index contributed by atoms with van der Waals surface area (Å²) in [6, 6.07) is 14.0. The molecule has 0 unspecified atom stereocenters. The van der Waals surface area contributed by atoms with Gasteiger partial charge in [0.1, 0.15) is 0 Å². The van der Waals surface area contributed by atoms with Crippen molar-refractivity contribution in [1.29, 1.82) is 0 Å². The van der Waals surface area contributed by atoms with E-state index in [-0.39, 0.29) is 0 Å². The maximum Gasteiger partial charge on any atom is 0.173 e. The molecule has 0 saturated carbocycles. The van der Waals surface area contributed by atoms with E-state index in [4.69, 9.17) is 0 Å². The number of hydrogen-bond acceptors (Lipinski definition) is 4. The maximum absolute atomic E-state index is 4.69. The van der Waals surface area contributed by atoms with Crippen LogP contribution in [0.5, 0.6) is 0 Å². The first-order valence-electron chi connectivity index (χ1n) is 6.21. The molecule has 3 aromatic rings. The van der Waals surface area contributed by atoms with Crippen LogP contribution in [0.25, 0.3) is 10.9 Å². The number of nitrogens with zero attached hydrogens (tertiary/aromatic N) is 4. The third-order valence-electron chi connectivity index (χ3n) is 2.87. The minimum absolute atomic E-state index is 0.623. The fourth-order valence-corrected chi connectivity index (χ4v) is 2.04. The molecule has 0 fully saturated rings. The van der Waals surface area contributed by atoms with Crippen LogP contribution in [0.15, 0.2) is 53.7 Å². The molecule has 98 valence electrons. The lowest BCUT2D eigenvalue weighted by molar-refractivity contribution is 0.676. The lowest BCUT2D eigenvalue weighted by Crippen LogP contribution is -2.02. The average Bonchev–Trinajstić information content (AvgIpc) is 2.92. The highest BCUT2D eigenvalue weighted by Gasteiger charge is 2.01. The van der Waals surface area contributed by atoms with Gasteiger partial charge in [-0.25, -0.2) is 4.99 Å². The number of fused-ring (bicyclic) bond motifs is 1. The minimum Gasteiger partial charge on any atom is -0.265 e. The highest BCUT2D eigenvalue weighted by molar-refractivity contribution is 7.80. The Bertz CT molecular complexity index is 776. The fourth-order valence-electron chi connectivity index (χ4n) is 1.98. The van der Waals surface area contributed by atoms with Crippen molar-refractivity contribution in [2.75, 3.05) is 0 Å². The molecule has 0 radical (unpaired) electrons. The summed E-state index contributed by atoms with van der Waals surface area (Å²) in [6.45, 7) is 0.623. The van der Waals surface area contributed by atoms with Gasteiger partial charge in [0.15, 0.2) is 5.82 Å². The Labute approximate surface area is 121 Å². The van der Waals surface area contributed by atoms with Crippen molar-refractivity contribution in [3.63, 3.8) is 0 Å². The Hall–Kier alpha value is -2.40. The molecule has 3 rings (SSSR count). The van der Waals surface area contributed by atoms with Crippen LogP contribution in [-0.2, 0) is 6.54 Å². The van der Waals surface area contributed by atoms with Crippen molar-refractivity contribution in [2.24, 2.45) is 4.99 Å². The van der Waals surface area contributed by atoms with E-state index in [1.807, 2.05) is 41.2 Å². The number of thiocarbonyl (C=S) groups is 1. The molecule has 0 amide bonds. The van der Waals surface area contributed by atoms with Crippen molar-refractivity contribution >= 4 is 40.5 Å². The van der Waals surface area contributed by atoms with Crippen molar-refractivity contribution in [3.8, 4) is 0 Å². The molecule has 0 bridgehead atoms. The predicted octanol–water partition coefficient (Wildman–Crippen LogP) is 3.18. The molecular formula is C15H12N4S. The van der Waals surface area contributed by atoms with E-state index < -0.39 is 0 Å². The van der Waals surface area contributed by atoms with Gasteiger partial charge in [-0.3, -0.25) is 9.67 Å². The second kappa shape index (κ2) is 5.71. The molecule has 1 aromatic carbocycles. The molecule has 20 heavy (non-hydrogen) atoms.